The minimum Gasteiger partial charge on any atom is -0.493 e. The van der Waals surface area contributed by atoms with Crippen molar-refractivity contribution < 1.29 is 31.9 Å². The number of methoxy groups -OCH3 is 2. The molecule has 3 aromatic rings. The summed E-state index contributed by atoms with van der Waals surface area (Å²) in [6.07, 6.45) is 4.77. The van der Waals surface area contributed by atoms with Gasteiger partial charge < -0.3 is 19.7 Å². The first-order chi connectivity index (χ1) is 21.5. The third kappa shape index (κ3) is 8.19. The van der Waals surface area contributed by atoms with E-state index in [2.05, 4.69) is 5.32 Å². The van der Waals surface area contributed by atoms with Crippen LogP contribution in [0.5, 0.6) is 11.5 Å². The molecule has 242 valence electrons. The topological polar surface area (TPSA) is 105 Å². The van der Waals surface area contributed by atoms with Gasteiger partial charge >= 0.3 is 0 Å². The Morgan fingerprint density at radius 3 is 2.18 bits per heavy atom. The number of nitrogens with zero attached hydrogens (tertiary/aromatic N) is 2. The molecule has 1 unspecified atom stereocenters. The lowest BCUT2D eigenvalue weighted by Crippen LogP contribution is -2.53. The summed E-state index contributed by atoms with van der Waals surface area (Å²) in [6, 6.07) is 12.6. The van der Waals surface area contributed by atoms with E-state index in [-0.39, 0.29) is 44.9 Å². The van der Waals surface area contributed by atoms with Crippen LogP contribution < -0.4 is 19.1 Å². The first kappa shape index (κ1) is 34.3. The van der Waals surface area contributed by atoms with Gasteiger partial charge in [-0.25, -0.2) is 12.8 Å². The molecule has 0 spiro atoms. The fraction of sp³-hybridized carbons (Fsp3) is 0.375. The average Bonchev–Trinajstić information content (AvgIpc) is 3.03. The number of hydrogen-bond acceptors (Lipinski definition) is 6. The van der Waals surface area contributed by atoms with Gasteiger partial charge in [0.15, 0.2) is 11.5 Å². The van der Waals surface area contributed by atoms with Crippen LogP contribution in [0.1, 0.15) is 44.6 Å². The van der Waals surface area contributed by atoms with Gasteiger partial charge in [0.1, 0.15) is 18.4 Å². The molecule has 9 nitrogen and oxygen atoms in total. The lowest BCUT2D eigenvalue weighted by Gasteiger charge is -2.33. The molecule has 0 bridgehead atoms. The second-order valence-electron chi connectivity index (χ2n) is 10.7. The summed E-state index contributed by atoms with van der Waals surface area (Å²) in [5.41, 5.74) is 0.442. The first-order valence-electron chi connectivity index (χ1n) is 14.5. The maximum Gasteiger partial charge on any atom is 0.264 e. The zero-order valence-electron chi connectivity index (χ0n) is 25.3. The number of halogens is 3. The van der Waals surface area contributed by atoms with Crippen molar-refractivity contribution in [3.63, 3.8) is 0 Å². The fourth-order valence-electron chi connectivity index (χ4n) is 5.25. The van der Waals surface area contributed by atoms with Gasteiger partial charge in [0.25, 0.3) is 10.0 Å². The summed E-state index contributed by atoms with van der Waals surface area (Å²) >= 11 is 12.9. The Hall–Kier alpha value is -3.54. The van der Waals surface area contributed by atoms with E-state index in [1.165, 1.54) is 49.5 Å². The maximum absolute atomic E-state index is 14.2. The SMILES string of the molecule is COc1ccc(S(=O)(=O)N(CC(=O)N(Cc2c(Cl)cccc2Cl)C(C)C(=O)NC2CCCCC2)c2ccc(F)cc2)cc1OC. The Kier molecular flexibility index (Phi) is 11.6. The molecule has 13 heteroatoms. The van der Waals surface area contributed by atoms with Crippen LogP contribution in [0.3, 0.4) is 0 Å². The summed E-state index contributed by atoms with van der Waals surface area (Å²) in [4.78, 5) is 28.7. The molecule has 1 aliphatic carbocycles. The molecular formula is C32H36Cl2FN3O6S. The minimum atomic E-state index is -4.44. The van der Waals surface area contributed by atoms with Crippen molar-refractivity contribution in [3.05, 3.63) is 82.1 Å². The molecule has 0 aromatic heterocycles. The first-order valence-corrected chi connectivity index (χ1v) is 16.7. The molecular weight excluding hydrogens is 644 g/mol. The van der Waals surface area contributed by atoms with Crippen LogP contribution in [-0.4, -0.2) is 58.0 Å². The molecule has 3 aromatic carbocycles. The number of carbonyl (C=O) groups is 2. The number of nitrogens with one attached hydrogen (secondary N) is 1. The van der Waals surface area contributed by atoms with E-state index in [9.17, 15) is 22.4 Å². The van der Waals surface area contributed by atoms with Crippen molar-refractivity contribution in [2.24, 2.45) is 0 Å². The van der Waals surface area contributed by atoms with E-state index in [0.29, 0.717) is 11.3 Å². The van der Waals surface area contributed by atoms with Gasteiger partial charge in [0.2, 0.25) is 11.8 Å². The van der Waals surface area contributed by atoms with Crippen molar-refractivity contribution in [1.82, 2.24) is 10.2 Å². The van der Waals surface area contributed by atoms with Crippen molar-refractivity contribution in [3.8, 4) is 11.5 Å². The van der Waals surface area contributed by atoms with Gasteiger partial charge in [0.05, 0.1) is 24.8 Å². The molecule has 1 aliphatic rings. The van der Waals surface area contributed by atoms with Gasteiger partial charge in [0, 0.05) is 34.3 Å². The predicted molar refractivity (Wildman–Crippen MR) is 172 cm³/mol. The Bertz CT molecular complexity index is 1600. The quantitative estimate of drug-likeness (QED) is 0.244. The Morgan fingerprint density at radius 2 is 1.58 bits per heavy atom. The van der Waals surface area contributed by atoms with E-state index < -0.39 is 34.3 Å². The van der Waals surface area contributed by atoms with Crippen LogP contribution in [-0.2, 0) is 26.2 Å². The Balaban J connectivity index is 1.73. The Labute approximate surface area is 273 Å². The highest BCUT2D eigenvalue weighted by Gasteiger charge is 2.34. The fourth-order valence-corrected chi connectivity index (χ4v) is 7.19. The standard InChI is InChI=1S/C32H36Cl2FN3O6S/c1-21(32(40)36-23-8-5-4-6-9-23)37(19-26-27(33)10-7-11-28(26)34)31(39)20-38(24-14-12-22(35)13-15-24)45(41,42)25-16-17-29(43-2)30(18-25)44-3/h7,10-18,21,23H,4-6,8-9,19-20H2,1-3H3,(H,36,40). The molecule has 4 rings (SSSR count). The second-order valence-corrected chi connectivity index (χ2v) is 13.4. The normalized spacial score (nSPS) is 14.4. The third-order valence-electron chi connectivity index (χ3n) is 7.85. The molecule has 1 atom stereocenters. The van der Waals surface area contributed by atoms with E-state index in [1.54, 1.807) is 25.1 Å². The monoisotopic (exact) mass is 679 g/mol. The number of carbonyl (C=O) groups excluding carboxylic acids is 2. The molecule has 1 fully saturated rings. The Morgan fingerprint density at radius 1 is 0.956 bits per heavy atom. The van der Waals surface area contributed by atoms with Crippen molar-refractivity contribution >= 4 is 50.7 Å². The van der Waals surface area contributed by atoms with E-state index in [0.717, 1.165) is 48.5 Å². The van der Waals surface area contributed by atoms with E-state index in [1.807, 2.05) is 0 Å². The van der Waals surface area contributed by atoms with Crippen LogP contribution in [0.15, 0.2) is 65.6 Å². The summed E-state index contributed by atoms with van der Waals surface area (Å²) in [7, 11) is -1.65. The van der Waals surface area contributed by atoms with Gasteiger partial charge in [-0.1, -0.05) is 48.5 Å². The van der Waals surface area contributed by atoms with Crippen LogP contribution in [0.25, 0.3) is 0 Å². The number of rotatable bonds is 12. The predicted octanol–water partition coefficient (Wildman–Crippen LogP) is 6.21. The number of anilines is 1. The molecule has 0 radical (unpaired) electrons. The molecule has 2 amide bonds. The highest BCUT2D eigenvalue weighted by atomic mass is 35.5. The maximum atomic E-state index is 14.2. The second kappa shape index (κ2) is 15.2. The zero-order valence-corrected chi connectivity index (χ0v) is 27.6. The highest BCUT2D eigenvalue weighted by molar-refractivity contribution is 7.92. The zero-order chi connectivity index (χ0) is 32.7. The van der Waals surface area contributed by atoms with Crippen molar-refractivity contribution in [2.75, 3.05) is 25.1 Å². The number of ether oxygens (including phenoxy) is 2. The molecule has 1 saturated carbocycles. The number of sulfonamides is 1. The van der Waals surface area contributed by atoms with Gasteiger partial charge in [-0.3, -0.25) is 13.9 Å². The van der Waals surface area contributed by atoms with Crippen LogP contribution in [0.4, 0.5) is 10.1 Å². The number of amides is 2. The third-order valence-corrected chi connectivity index (χ3v) is 10.3. The molecule has 1 N–H and O–H groups in total. The summed E-state index contributed by atoms with van der Waals surface area (Å²) in [6.45, 7) is 0.696. The van der Waals surface area contributed by atoms with Crippen LogP contribution >= 0.6 is 23.2 Å². The summed E-state index contributed by atoms with van der Waals surface area (Å²) in [5, 5.41) is 3.61. The van der Waals surface area contributed by atoms with Crippen LogP contribution in [0.2, 0.25) is 10.0 Å². The highest BCUT2D eigenvalue weighted by Crippen LogP contribution is 2.33. The van der Waals surface area contributed by atoms with E-state index >= 15 is 0 Å². The van der Waals surface area contributed by atoms with Gasteiger partial charge in [-0.2, -0.15) is 0 Å². The van der Waals surface area contributed by atoms with Crippen molar-refractivity contribution in [2.45, 2.75) is 62.6 Å². The van der Waals surface area contributed by atoms with Crippen molar-refractivity contribution in [1.29, 1.82) is 0 Å². The van der Waals surface area contributed by atoms with Crippen LogP contribution in [0, 0.1) is 5.82 Å². The number of hydrogen-bond donors (Lipinski definition) is 1. The largest absolute Gasteiger partial charge is 0.493 e. The van der Waals surface area contributed by atoms with E-state index in [4.69, 9.17) is 32.7 Å². The molecule has 45 heavy (non-hydrogen) atoms. The molecule has 0 saturated heterocycles. The molecule has 0 heterocycles. The van der Waals surface area contributed by atoms with Gasteiger partial charge in [-0.05, 0) is 68.3 Å². The van der Waals surface area contributed by atoms with Gasteiger partial charge in [-0.15, -0.1) is 0 Å². The molecule has 0 aliphatic heterocycles. The summed E-state index contributed by atoms with van der Waals surface area (Å²) in [5.74, 6) is -1.20. The smallest absolute Gasteiger partial charge is 0.264 e. The lowest BCUT2D eigenvalue weighted by atomic mass is 9.95. The number of benzene rings is 3. The lowest BCUT2D eigenvalue weighted by molar-refractivity contribution is -0.139. The minimum absolute atomic E-state index is 0.0179. The summed E-state index contributed by atoms with van der Waals surface area (Å²) < 4.78 is 53.5. The average molecular weight is 681 g/mol.